The van der Waals surface area contributed by atoms with Crippen LogP contribution in [0.3, 0.4) is 0 Å². The van der Waals surface area contributed by atoms with Gasteiger partial charge in [0.25, 0.3) is 0 Å². The van der Waals surface area contributed by atoms with Crippen molar-refractivity contribution in [1.29, 1.82) is 0 Å². The van der Waals surface area contributed by atoms with Crippen LogP contribution in [-0.4, -0.2) is 11.3 Å². The standard InChI is InChI=1S/C7H6ClF3N2O/c8-3-5-6(14-7(9,10)11)4(12)1-2-13-5/h1-2H,3H2,(H2,12,13). The van der Waals surface area contributed by atoms with Gasteiger partial charge in [0.1, 0.15) is 0 Å². The van der Waals surface area contributed by atoms with Crippen molar-refractivity contribution in [3.63, 3.8) is 0 Å². The van der Waals surface area contributed by atoms with Gasteiger partial charge in [-0.25, -0.2) is 0 Å². The molecule has 0 aliphatic rings. The van der Waals surface area contributed by atoms with Crippen LogP contribution in [0.2, 0.25) is 0 Å². The maximum atomic E-state index is 11.9. The van der Waals surface area contributed by atoms with E-state index < -0.39 is 12.1 Å². The van der Waals surface area contributed by atoms with Crippen molar-refractivity contribution < 1.29 is 17.9 Å². The van der Waals surface area contributed by atoms with Gasteiger partial charge in [-0.15, -0.1) is 24.8 Å². The number of ether oxygens (including phenoxy) is 1. The molecular formula is C7H6ClF3N2O. The lowest BCUT2D eigenvalue weighted by atomic mass is 10.3. The Hall–Kier alpha value is -1.17. The minimum Gasteiger partial charge on any atom is -0.402 e. The molecule has 78 valence electrons. The van der Waals surface area contributed by atoms with Gasteiger partial charge in [-0.3, -0.25) is 4.98 Å². The Kier molecular flexibility index (Phi) is 3.05. The average molecular weight is 227 g/mol. The number of aromatic nitrogens is 1. The van der Waals surface area contributed by atoms with Gasteiger partial charge in [0.05, 0.1) is 17.3 Å². The Labute approximate surface area is 82.6 Å². The van der Waals surface area contributed by atoms with E-state index in [9.17, 15) is 13.2 Å². The first kappa shape index (κ1) is 10.9. The summed E-state index contributed by atoms with van der Waals surface area (Å²) in [5.74, 6) is -0.730. The van der Waals surface area contributed by atoms with Crippen molar-refractivity contribution in [3.8, 4) is 5.75 Å². The van der Waals surface area contributed by atoms with Crippen LogP contribution in [0.4, 0.5) is 18.9 Å². The highest BCUT2D eigenvalue weighted by Crippen LogP contribution is 2.31. The number of rotatable bonds is 2. The summed E-state index contributed by atoms with van der Waals surface area (Å²) in [5.41, 5.74) is 5.10. The molecule has 1 heterocycles. The van der Waals surface area contributed by atoms with E-state index in [1.807, 2.05) is 0 Å². The Balaban J connectivity index is 3.05. The van der Waals surface area contributed by atoms with Crippen LogP contribution in [0.25, 0.3) is 0 Å². The normalized spacial score (nSPS) is 11.4. The third kappa shape index (κ3) is 2.66. The molecule has 7 heteroatoms. The molecule has 0 spiro atoms. The van der Waals surface area contributed by atoms with Crippen LogP contribution < -0.4 is 10.5 Å². The number of hydrogen-bond acceptors (Lipinski definition) is 3. The molecular weight excluding hydrogens is 221 g/mol. The van der Waals surface area contributed by atoms with Crippen molar-refractivity contribution >= 4 is 17.3 Å². The van der Waals surface area contributed by atoms with E-state index in [2.05, 4.69) is 9.72 Å². The molecule has 0 aliphatic heterocycles. The van der Waals surface area contributed by atoms with E-state index in [1.54, 1.807) is 0 Å². The minimum atomic E-state index is -4.79. The molecule has 0 bridgehead atoms. The first-order valence-corrected chi connectivity index (χ1v) is 4.02. The lowest BCUT2D eigenvalue weighted by Crippen LogP contribution is -2.19. The van der Waals surface area contributed by atoms with E-state index in [0.29, 0.717) is 0 Å². The van der Waals surface area contributed by atoms with Crippen LogP contribution in [0, 0.1) is 0 Å². The van der Waals surface area contributed by atoms with E-state index in [4.69, 9.17) is 17.3 Å². The molecule has 14 heavy (non-hydrogen) atoms. The molecule has 0 atom stereocenters. The summed E-state index contributed by atoms with van der Waals surface area (Å²) >= 11 is 5.37. The SMILES string of the molecule is Nc1ccnc(CCl)c1OC(F)(F)F. The summed E-state index contributed by atoms with van der Waals surface area (Å²) in [4.78, 5) is 3.61. The summed E-state index contributed by atoms with van der Waals surface area (Å²) in [7, 11) is 0. The third-order valence-corrected chi connectivity index (χ3v) is 1.61. The van der Waals surface area contributed by atoms with Gasteiger partial charge < -0.3 is 10.5 Å². The first-order chi connectivity index (χ1) is 6.44. The largest absolute Gasteiger partial charge is 0.573 e. The molecule has 1 aromatic heterocycles. The van der Waals surface area contributed by atoms with E-state index in [1.165, 1.54) is 12.3 Å². The fourth-order valence-electron chi connectivity index (χ4n) is 0.837. The van der Waals surface area contributed by atoms with Crippen molar-refractivity contribution in [3.05, 3.63) is 18.0 Å². The summed E-state index contributed by atoms with van der Waals surface area (Å²) in [6.07, 6.45) is -3.53. The maximum absolute atomic E-state index is 11.9. The number of pyridine rings is 1. The number of hydrogen-bond donors (Lipinski definition) is 1. The Morgan fingerprint density at radius 1 is 1.50 bits per heavy atom. The number of nitrogens with zero attached hydrogens (tertiary/aromatic N) is 1. The molecule has 0 unspecified atom stereocenters. The Bertz CT molecular complexity index is 329. The van der Waals surface area contributed by atoms with Gasteiger partial charge in [0.2, 0.25) is 0 Å². The molecule has 3 nitrogen and oxygen atoms in total. The number of halogens is 4. The highest BCUT2D eigenvalue weighted by atomic mass is 35.5. The topological polar surface area (TPSA) is 48.1 Å². The zero-order valence-corrected chi connectivity index (χ0v) is 7.56. The Morgan fingerprint density at radius 3 is 2.64 bits per heavy atom. The summed E-state index contributed by atoms with van der Waals surface area (Å²) in [5, 5.41) is 0. The Morgan fingerprint density at radius 2 is 2.14 bits per heavy atom. The summed E-state index contributed by atoms with van der Waals surface area (Å²) in [6.45, 7) is 0. The number of nitrogens with two attached hydrogens (primary N) is 1. The van der Waals surface area contributed by atoms with E-state index in [-0.39, 0.29) is 17.3 Å². The highest BCUT2D eigenvalue weighted by Gasteiger charge is 2.33. The fourth-order valence-corrected chi connectivity index (χ4v) is 1.03. The fraction of sp³-hybridized carbons (Fsp3) is 0.286. The first-order valence-electron chi connectivity index (χ1n) is 3.49. The van der Waals surface area contributed by atoms with Gasteiger partial charge in [-0.05, 0) is 6.07 Å². The summed E-state index contributed by atoms with van der Waals surface area (Å²) < 4.78 is 39.3. The predicted octanol–water partition coefficient (Wildman–Crippen LogP) is 2.30. The van der Waals surface area contributed by atoms with Gasteiger partial charge in [-0.1, -0.05) is 0 Å². The van der Waals surface area contributed by atoms with Crippen molar-refractivity contribution in [2.24, 2.45) is 0 Å². The molecule has 1 rings (SSSR count). The molecule has 0 aliphatic carbocycles. The quantitative estimate of drug-likeness (QED) is 0.787. The number of anilines is 1. The molecule has 2 N–H and O–H groups in total. The second kappa shape index (κ2) is 3.91. The molecule has 0 aromatic carbocycles. The lowest BCUT2D eigenvalue weighted by Gasteiger charge is -2.12. The molecule has 0 amide bonds. The second-order valence-electron chi connectivity index (χ2n) is 2.36. The maximum Gasteiger partial charge on any atom is 0.573 e. The van der Waals surface area contributed by atoms with Crippen LogP contribution in [0.1, 0.15) is 5.69 Å². The van der Waals surface area contributed by atoms with Crippen LogP contribution >= 0.6 is 11.6 Å². The van der Waals surface area contributed by atoms with E-state index in [0.717, 1.165) is 0 Å². The summed E-state index contributed by atoms with van der Waals surface area (Å²) in [6, 6.07) is 1.21. The third-order valence-electron chi connectivity index (χ3n) is 1.35. The van der Waals surface area contributed by atoms with Gasteiger partial charge in [-0.2, -0.15) is 0 Å². The molecule has 0 saturated carbocycles. The van der Waals surface area contributed by atoms with Gasteiger partial charge >= 0.3 is 6.36 Å². The minimum absolute atomic E-state index is 0.0380. The van der Waals surface area contributed by atoms with E-state index >= 15 is 0 Å². The van der Waals surface area contributed by atoms with Crippen molar-refractivity contribution in [2.75, 3.05) is 5.73 Å². The van der Waals surface area contributed by atoms with Gasteiger partial charge in [0.15, 0.2) is 5.75 Å². The average Bonchev–Trinajstić information content (AvgIpc) is 2.06. The highest BCUT2D eigenvalue weighted by molar-refractivity contribution is 6.17. The lowest BCUT2D eigenvalue weighted by molar-refractivity contribution is -0.274. The van der Waals surface area contributed by atoms with Crippen LogP contribution in [0.5, 0.6) is 5.75 Å². The van der Waals surface area contributed by atoms with Crippen molar-refractivity contribution in [2.45, 2.75) is 12.2 Å². The van der Waals surface area contributed by atoms with Crippen LogP contribution in [0.15, 0.2) is 12.3 Å². The molecule has 0 radical (unpaired) electrons. The molecule has 0 fully saturated rings. The molecule has 0 saturated heterocycles. The van der Waals surface area contributed by atoms with Crippen LogP contribution in [-0.2, 0) is 5.88 Å². The molecule has 1 aromatic rings. The zero-order chi connectivity index (χ0) is 10.8. The smallest absolute Gasteiger partial charge is 0.402 e. The van der Waals surface area contributed by atoms with Gasteiger partial charge in [0, 0.05) is 6.20 Å². The number of nitrogen functional groups attached to an aromatic ring is 1. The number of alkyl halides is 4. The van der Waals surface area contributed by atoms with Crippen molar-refractivity contribution in [1.82, 2.24) is 4.98 Å². The predicted molar refractivity (Wildman–Crippen MR) is 44.9 cm³/mol. The second-order valence-corrected chi connectivity index (χ2v) is 2.62. The zero-order valence-electron chi connectivity index (χ0n) is 6.81. The monoisotopic (exact) mass is 226 g/mol.